The normalized spacial score (nSPS) is 15.8. The maximum absolute atomic E-state index is 13.6. The second-order valence-electron chi connectivity index (χ2n) is 5.03. The number of nitrogens with zero attached hydrogens (tertiary/aromatic N) is 1. The van der Waals surface area contributed by atoms with Gasteiger partial charge in [0.2, 0.25) is 10.0 Å². The Hall–Kier alpha value is -1.02. The molecule has 1 saturated carbocycles. The molecule has 1 aromatic carbocycles. The van der Waals surface area contributed by atoms with E-state index >= 15 is 0 Å². The predicted molar refractivity (Wildman–Crippen MR) is 73.2 cm³/mol. The van der Waals surface area contributed by atoms with Crippen LogP contribution in [-0.2, 0) is 16.6 Å². The summed E-state index contributed by atoms with van der Waals surface area (Å²) < 4.78 is 40.1. The number of halogens is 1. The average Bonchev–Trinajstić information content (AvgIpc) is 3.23. The van der Waals surface area contributed by atoms with Crippen molar-refractivity contribution >= 4 is 10.0 Å². The van der Waals surface area contributed by atoms with E-state index in [0.29, 0.717) is 18.2 Å². The van der Waals surface area contributed by atoms with Crippen molar-refractivity contribution in [1.29, 1.82) is 0 Å². The molecule has 0 unspecified atom stereocenters. The third-order valence-corrected chi connectivity index (χ3v) is 4.87. The summed E-state index contributed by atoms with van der Waals surface area (Å²) in [5, 5.41) is 8.99. The summed E-state index contributed by atoms with van der Waals surface area (Å²) in [4.78, 5) is 1.67. The van der Waals surface area contributed by atoms with Gasteiger partial charge in [0.15, 0.2) is 0 Å². The number of hydrogen-bond acceptors (Lipinski definition) is 4. The molecule has 0 bridgehead atoms. The predicted octanol–water partition coefficient (Wildman–Crippen LogP) is 0.691. The van der Waals surface area contributed by atoms with Crippen molar-refractivity contribution < 1.29 is 17.9 Å². The zero-order valence-electron chi connectivity index (χ0n) is 11.3. The molecule has 2 N–H and O–H groups in total. The molecule has 0 saturated heterocycles. The van der Waals surface area contributed by atoms with E-state index in [2.05, 4.69) is 9.62 Å². The van der Waals surface area contributed by atoms with Crippen molar-refractivity contribution in [1.82, 2.24) is 9.62 Å². The van der Waals surface area contributed by atoms with E-state index < -0.39 is 20.7 Å². The van der Waals surface area contributed by atoms with Gasteiger partial charge in [-0.15, -0.1) is 0 Å². The molecule has 7 heteroatoms. The van der Waals surface area contributed by atoms with Gasteiger partial charge < -0.3 is 10.0 Å². The van der Waals surface area contributed by atoms with Crippen molar-refractivity contribution in [2.45, 2.75) is 30.4 Å². The van der Waals surface area contributed by atoms with Crippen LogP contribution in [0.25, 0.3) is 0 Å². The largest absolute Gasteiger partial charge is 0.392 e. The first-order valence-electron chi connectivity index (χ1n) is 6.53. The summed E-state index contributed by atoms with van der Waals surface area (Å²) in [6, 6.07) is 4.11. The Balaban J connectivity index is 2.01. The van der Waals surface area contributed by atoms with E-state index in [1.807, 2.05) is 7.05 Å². The number of benzene rings is 1. The van der Waals surface area contributed by atoms with Gasteiger partial charge in [0, 0.05) is 19.1 Å². The molecule has 0 atom stereocenters. The van der Waals surface area contributed by atoms with Gasteiger partial charge in [-0.1, -0.05) is 6.07 Å². The molecule has 0 heterocycles. The SMILES string of the molecule is CN(CCNS(=O)(=O)c1cc(CO)ccc1F)C1CC1. The van der Waals surface area contributed by atoms with E-state index in [9.17, 15) is 12.8 Å². The van der Waals surface area contributed by atoms with Crippen LogP contribution < -0.4 is 4.72 Å². The fourth-order valence-corrected chi connectivity index (χ4v) is 3.13. The molecule has 0 radical (unpaired) electrons. The quantitative estimate of drug-likeness (QED) is 0.777. The fourth-order valence-electron chi connectivity index (χ4n) is 1.98. The Morgan fingerprint density at radius 2 is 2.15 bits per heavy atom. The van der Waals surface area contributed by atoms with Crippen molar-refractivity contribution in [2.75, 3.05) is 20.1 Å². The van der Waals surface area contributed by atoms with Gasteiger partial charge >= 0.3 is 0 Å². The number of rotatable bonds is 7. The second-order valence-corrected chi connectivity index (χ2v) is 6.77. The second kappa shape index (κ2) is 6.17. The van der Waals surface area contributed by atoms with E-state index in [4.69, 9.17) is 5.11 Å². The van der Waals surface area contributed by atoms with Crippen molar-refractivity contribution in [3.8, 4) is 0 Å². The van der Waals surface area contributed by atoms with Crippen molar-refractivity contribution in [2.24, 2.45) is 0 Å². The molecular formula is C13H19FN2O3S. The lowest BCUT2D eigenvalue weighted by molar-refractivity contribution is 0.281. The monoisotopic (exact) mass is 302 g/mol. The lowest BCUT2D eigenvalue weighted by Crippen LogP contribution is -2.34. The van der Waals surface area contributed by atoms with Crippen LogP contribution in [0, 0.1) is 5.82 Å². The Bertz CT molecular complexity index is 573. The van der Waals surface area contributed by atoms with Gasteiger partial charge in [-0.25, -0.2) is 17.5 Å². The molecule has 0 aromatic heterocycles. The highest BCUT2D eigenvalue weighted by atomic mass is 32.2. The van der Waals surface area contributed by atoms with Crippen LogP contribution >= 0.6 is 0 Å². The Labute approximate surface area is 118 Å². The van der Waals surface area contributed by atoms with Crippen LogP contribution in [-0.4, -0.2) is 44.6 Å². The third-order valence-electron chi connectivity index (χ3n) is 3.39. The smallest absolute Gasteiger partial charge is 0.243 e. The number of aliphatic hydroxyl groups excluding tert-OH is 1. The summed E-state index contributed by atoms with van der Waals surface area (Å²) in [5.41, 5.74) is 0.363. The van der Waals surface area contributed by atoms with Crippen molar-refractivity contribution in [3.05, 3.63) is 29.6 Å². The molecule has 0 spiro atoms. The zero-order valence-corrected chi connectivity index (χ0v) is 12.2. The van der Waals surface area contributed by atoms with Crippen LogP contribution in [0.3, 0.4) is 0 Å². The first-order valence-corrected chi connectivity index (χ1v) is 8.01. The first-order chi connectivity index (χ1) is 9.44. The van der Waals surface area contributed by atoms with E-state index in [0.717, 1.165) is 25.0 Å². The minimum atomic E-state index is -3.89. The van der Waals surface area contributed by atoms with E-state index in [1.165, 1.54) is 6.07 Å². The first kappa shape index (κ1) is 15.4. The van der Waals surface area contributed by atoms with Crippen LogP contribution in [0.4, 0.5) is 4.39 Å². The number of sulfonamides is 1. The van der Waals surface area contributed by atoms with E-state index in [1.54, 1.807) is 0 Å². The number of hydrogen-bond donors (Lipinski definition) is 2. The molecular weight excluding hydrogens is 283 g/mol. The number of aliphatic hydroxyl groups is 1. The maximum atomic E-state index is 13.6. The van der Waals surface area contributed by atoms with Gasteiger partial charge in [-0.05, 0) is 37.6 Å². The van der Waals surface area contributed by atoms with Gasteiger partial charge in [-0.2, -0.15) is 0 Å². The summed E-state index contributed by atoms with van der Waals surface area (Å²) in [6.45, 7) is 0.497. The molecule has 0 aliphatic heterocycles. The Morgan fingerprint density at radius 1 is 1.45 bits per heavy atom. The van der Waals surface area contributed by atoms with Crippen LogP contribution in [0.2, 0.25) is 0 Å². The highest BCUT2D eigenvalue weighted by Gasteiger charge is 2.26. The molecule has 1 aliphatic carbocycles. The number of likely N-dealkylation sites (N-methyl/N-ethyl adjacent to an activating group) is 1. The van der Waals surface area contributed by atoms with E-state index in [-0.39, 0.29) is 13.2 Å². The lowest BCUT2D eigenvalue weighted by Gasteiger charge is -2.16. The molecule has 2 rings (SSSR count). The Kier molecular flexibility index (Phi) is 4.74. The highest BCUT2D eigenvalue weighted by Crippen LogP contribution is 2.24. The van der Waals surface area contributed by atoms with Gasteiger partial charge in [0.25, 0.3) is 0 Å². The maximum Gasteiger partial charge on any atom is 0.243 e. The topological polar surface area (TPSA) is 69.6 Å². The summed E-state index contributed by atoms with van der Waals surface area (Å²) in [7, 11) is -1.94. The molecule has 5 nitrogen and oxygen atoms in total. The molecule has 1 aromatic rings. The summed E-state index contributed by atoms with van der Waals surface area (Å²) in [5.74, 6) is -0.815. The minimum absolute atomic E-state index is 0.234. The zero-order chi connectivity index (χ0) is 14.8. The van der Waals surface area contributed by atoms with Gasteiger partial charge in [0.1, 0.15) is 10.7 Å². The molecule has 1 aliphatic rings. The third kappa shape index (κ3) is 3.76. The minimum Gasteiger partial charge on any atom is -0.392 e. The van der Waals surface area contributed by atoms with Crippen LogP contribution in [0.5, 0.6) is 0 Å². The Morgan fingerprint density at radius 3 is 2.75 bits per heavy atom. The summed E-state index contributed by atoms with van der Waals surface area (Å²) in [6.07, 6.45) is 2.30. The summed E-state index contributed by atoms with van der Waals surface area (Å²) >= 11 is 0. The van der Waals surface area contributed by atoms with Crippen molar-refractivity contribution in [3.63, 3.8) is 0 Å². The lowest BCUT2D eigenvalue weighted by atomic mass is 10.2. The average molecular weight is 302 g/mol. The van der Waals surface area contributed by atoms with Crippen LogP contribution in [0.1, 0.15) is 18.4 Å². The van der Waals surface area contributed by atoms with Gasteiger partial charge in [-0.3, -0.25) is 0 Å². The van der Waals surface area contributed by atoms with Gasteiger partial charge in [0.05, 0.1) is 6.61 Å². The number of nitrogens with one attached hydrogen (secondary N) is 1. The molecule has 0 amide bonds. The van der Waals surface area contributed by atoms with Crippen LogP contribution in [0.15, 0.2) is 23.1 Å². The standard InChI is InChI=1S/C13H19FN2O3S/c1-16(11-3-4-11)7-6-15-20(18,19)13-8-10(9-17)2-5-12(13)14/h2,5,8,11,15,17H,3-4,6-7,9H2,1H3. The molecule has 1 fully saturated rings. The highest BCUT2D eigenvalue weighted by molar-refractivity contribution is 7.89. The molecule has 20 heavy (non-hydrogen) atoms. The fraction of sp³-hybridized carbons (Fsp3) is 0.538. The molecule has 112 valence electrons.